The molecule has 34 heavy (non-hydrogen) atoms. The highest BCUT2D eigenvalue weighted by Crippen LogP contribution is 2.31. The van der Waals surface area contributed by atoms with Gasteiger partial charge in [0, 0.05) is 5.02 Å². The highest BCUT2D eigenvalue weighted by atomic mass is 35.5. The zero-order chi connectivity index (χ0) is 24.6. The number of H-pyrrole nitrogens is 1. The predicted molar refractivity (Wildman–Crippen MR) is 111 cm³/mol. The second-order valence-corrected chi connectivity index (χ2v) is 9.02. The summed E-state index contributed by atoms with van der Waals surface area (Å²) in [5.41, 5.74) is 5.22. The van der Waals surface area contributed by atoms with Crippen molar-refractivity contribution in [1.82, 2.24) is 14.5 Å². The number of ether oxygens (including phenoxy) is 2. The number of anilines is 1. The summed E-state index contributed by atoms with van der Waals surface area (Å²) in [6, 6.07) is 6.69. The molecule has 4 atom stereocenters. The lowest BCUT2D eigenvalue weighted by Crippen LogP contribution is -2.46. The van der Waals surface area contributed by atoms with Gasteiger partial charge in [-0.05, 0) is 24.3 Å². The van der Waals surface area contributed by atoms with Gasteiger partial charge in [0.05, 0.1) is 14.4 Å². The molecule has 3 aromatic rings. The Hall–Kier alpha value is -2.55. The molecule has 0 saturated carbocycles. The molecule has 184 valence electrons. The van der Waals surface area contributed by atoms with E-state index in [-0.39, 0.29) is 30.3 Å². The number of nitrogens with two attached hydrogens (primary N) is 1. The van der Waals surface area contributed by atoms with E-state index in [1.165, 1.54) is 15.5 Å². The second-order valence-electron chi connectivity index (χ2n) is 7.43. The van der Waals surface area contributed by atoms with Crippen LogP contribution in [0.4, 0.5) is 5.95 Å². The van der Waals surface area contributed by atoms with Crippen LogP contribution in [0.25, 0.3) is 11.2 Å². The van der Waals surface area contributed by atoms with Crippen LogP contribution in [0.15, 0.2) is 35.4 Å². The molecule has 16 heteroatoms. The van der Waals surface area contributed by atoms with Crippen molar-refractivity contribution in [2.45, 2.75) is 31.1 Å². The molecule has 4 rings (SSSR count). The SMILES string of the molecule is Nc1nc2c(c(=O)[nH]1)n(CCOc1ccc(Cl)cc1)c[n+]2[C@@H]1O[C@H](COP(=O)([O-])[O-])C(O)[C@@H]1O. The van der Waals surface area contributed by atoms with Gasteiger partial charge in [-0.2, -0.15) is 0 Å². The predicted octanol–water partition coefficient (Wildman–Crippen LogP) is -2.21. The number of rotatable bonds is 8. The maximum absolute atomic E-state index is 12.6. The number of aromatic nitrogens is 4. The van der Waals surface area contributed by atoms with Crippen molar-refractivity contribution in [3.63, 3.8) is 0 Å². The zero-order valence-electron chi connectivity index (χ0n) is 17.3. The molecule has 1 aromatic carbocycles. The van der Waals surface area contributed by atoms with Crippen molar-refractivity contribution in [2.24, 2.45) is 0 Å². The number of nitrogens with zero attached hydrogens (tertiary/aromatic N) is 3. The van der Waals surface area contributed by atoms with Gasteiger partial charge in [-0.3, -0.25) is 14.3 Å². The van der Waals surface area contributed by atoms with Crippen LogP contribution in [0, 0.1) is 0 Å². The topological polar surface area (TPSA) is 212 Å². The number of fused-ring (bicyclic) bond motifs is 1. The number of phosphoric acid groups is 1. The van der Waals surface area contributed by atoms with Crippen LogP contribution >= 0.6 is 19.4 Å². The number of nitrogens with one attached hydrogen (secondary N) is 1. The van der Waals surface area contributed by atoms with E-state index in [1.807, 2.05) is 0 Å². The van der Waals surface area contributed by atoms with E-state index >= 15 is 0 Å². The first-order valence-electron chi connectivity index (χ1n) is 9.90. The summed E-state index contributed by atoms with van der Waals surface area (Å²) in [7, 11) is -5.32. The lowest BCUT2D eigenvalue weighted by Gasteiger charge is -2.30. The normalized spacial score (nSPS) is 23.0. The fourth-order valence-electron chi connectivity index (χ4n) is 3.58. The van der Waals surface area contributed by atoms with Crippen molar-refractivity contribution in [3.05, 3.63) is 46.0 Å². The molecular formula is C18H20ClN5O9P-. The van der Waals surface area contributed by atoms with Gasteiger partial charge in [0.2, 0.25) is 11.7 Å². The van der Waals surface area contributed by atoms with Gasteiger partial charge in [-0.25, -0.2) is 4.57 Å². The van der Waals surface area contributed by atoms with Crippen molar-refractivity contribution in [1.29, 1.82) is 0 Å². The quantitative estimate of drug-likeness (QED) is 0.186. The van der Waals surface area contributed by atoms with Crippen molar-refractivity contribution in [2.75, 3.05) is 18.9 Å². The monoisotopic (exact) mass is 516 g/mol. The molecule has 0 aliphatic carbocycles. The fourth-order valence-corrected chi connectivity index (χ4v) is 4.04. The van der Waals surface area contributed by atoms with Gasteiger partial charge in [-0.1, -0.05) is 16.6 Å². The van der Waals surface area contributed by atoms with Gasteiger partial charge in [-0.15, -0.1) is 0 Å². The standard InChI is InChI=1S/C18H21ClN5O9P/c19-9-1-3-10(4-2-9)31-6-5-23-8-24(15-12(23)16(27)22-18(20)21-15)17-14(26)13(25)11(33-17)7-32-34(28,29)30/h1-4,8,11,13-14,17,25-26H,5-7H2,(H4-,20,21,22,27,28,29,30)/p-1/t11-,13?,14+,17-/m1/s1. The van der Waals surface area contributed by atoms with E-state index in [0.717, 1.165) is 0 Å². The lowest BCUT2D eigenvalue weighted by molar-refractivity contribution is -0.746. The average Bonchev–Trinajstić information content (AvgIpc) is 3.25. The summed E-state index contributed by atoms with van der Waals surface area (Å²) >= 11 is 5.86. The number of phosphoric ester groups is 1. The first-order valence-corrected chi connectivity index (χ1v) is 11.7. The Morgan fingerprint density at radius 2 is 2.00 bits per heavy atom. The molecule has 1 fully saturated rings. The first-order chi connectivity index (χ1) is 16.0. The highest BCUT2D eigenvalue weighted by molar-refractivity contribution is 7.43. The van der Waals surface area contributed by atoms with Gasteiger partial charge in [0.15, 0.2) is 6.33 Å². The summed E-state index contributed by atoms with van der Waals surface area (Å²) in [6.07, 6.45) is -4.38. The maximum atomic E-state index is 12.6. The number of nitrogen functional groups attached to an aromatic ring is 1. The molecular weight excluding hydrogens is 497 g/mol. The summed E-state index contributed by atoms with van der Waals surface area (Å²) in [5.74, 6) is 0.354. The largest absolute Gasteiger partial charge is 0.790 e. The molecule has 1 aliphatic rings. The first kappa shape index (κ1) is 24.6. The number of aromatic amines is 1. The van der Waals surface area contributed by atoms with Gasteiger partial charge in [0.25, 0.3) is 11.5 Å². The van der Waals surface area contributed by atoms with Crippen LogP contribution in [0.3, 0.4) is 0 Å². The van der Waals surface area contributed by atoms with E-state index in [4.69, 9.17) is 26.8 Å². The van der Waals surface area contributed by atoms with Crippen molar-refractivity contribution in [3.8, 4) is 5.75 Å². The van der Waals surface area contributed by atoms with E-state index < -0.39 is 44.5 Å². The third-order valence-corrected chi connectivity index (χ3v) is 5.83. The molecule has 5 N–H and O–H groups in total. The minimum atomic E-state index is -5.32. The van der Waals surface area contributed by atoms with Crippen LogP contribution in [0.2, 0.25) is 5.02 Å². The van der Waals surface area contributed by atoms with E-state index in [1.54, 1.807) is 24.3 Å². The Bertz CT molecular complexity index is 1280. The number of halogens is 1. The molecule has 1 unspecified atom stereocenters. The Balaban J connectivity index is 1.60. The van der Waals surface area contributed by atoms with Gasteiger partial charge in [0.1, 0.15) is 37.2 Å². The number of hydrogen-bond acceptors (Lipinski definition) is 11. The van der Waals surface area contributed by atoms with Crippen molar-refractivity contribution >= 4 is 36.5 Å². The average molecular weight is 517 g/mol. The van der Waals surface area contributed by atoms with Gasteiger partial charge >= 0.3 is 5.65 Å². The molecule has 0 bridgehead atoms. The third-order valence-electron chi connectivity index (χ3n) is 5.11. The highest BCUT2D eigenvalue weighted by Gasteiger charge is 2.47. The van der Waals surface area contributed by atoms with Crippen molar-refractivity contribution < 1.29 is 43.1 Å². The Morgan fingerprint density at radius 3 is 2.68 bits per heavy atom. The smallest absolute Gasteiger partial charge is 0.313 e. The van der Waals surface area contributed by atoms with Crippen LogP contribution < -0.4 is 30.4 Å². The Labute approximate surface area is 196 Å². The molecule has 0 radical (unpaired) electrons. The number of aliphatic hydroxyl groups is 2. The molecule has 1 aliphatic heterocycles. The maximum Gasteiger partial charge on any atom is 0.313 e. The number of aliphatic hydroxyl groups excluding tert-OH is 2. The number of hydrogen-bond donors (Lipinski definition) is 4. The van der Waals surface area contributed by atoms with E-state index in [0.29, 0.717) is 10.8 Å². The van der Waals surface area contributed by atoms with Crippen LogP contribution in [-0.4, -0.2) is 56.3 Å². The van der Waals surface area contributed by atoms with Crippen LogP contribution in [-0.2, 0) is 20.4 Å². The zero-order valence-corrected chi connectivity index (χ0v) is 19.0. The molecule has 3 heterocycles. The number of benzene rings is 1. The van der Waals surface area contributed by atoms with Crippen LogP contribution in [0.5, 0.6) is 5.75 Å². The van der Waals surface area contributed by atoms with E-state index in [2.05, 4.69) is 14.5 Å². The summed E-state index contributed by atoms with van der Waals surface area (Å²) in [4.78, 5) is 40.6. The van der Waals surface area contributed by atoms with Crippen LogP contribution in [0.1, 0.15) is 6.23 Å². The summed E-state index contributed by atoms with van der Waals surface area (Å²) < 4.78 is 28.9. The molecule has 14 nitrogen and oxygen atoms in total. The minimum absolute atomic E-state index is 0.0314. The summed E-state index contributed by atoms with van der Waals surface area (Å²) in [6.45, 7) is -0.484. The molecule has 0 amide bonds. The Morgan fingerprint density at radius 1 is 1.29 bits per heavy atom. The third kappa shape index (κ3) is 5.24. The second kappa shape index (κ2) is 9.60. The van der Waals surface area contributed by atoms with E-state index in [9.17, 15) is 29.4 Å². The molecule has 0 spiro atoms. The minimum Gasteiger partial charge on any atom is -0.790 e. The fraction of sp³-hybridized carbons (Fsp3) is 0.389. The number of imidazole rings is 1. The summed E-state index contributed by atoms with van der Waals surface area (Å²) in [5, 5.41) is 21.3. The molecule has 1 saturated heterocycles. The van der Waals surface area contributed by atoms with Gasteiger partial charge < -0.3 is 44.3 Å². The lowest BCUT2D eigenvalue weighted by atomic mass is 10.1. The Kier molecular flexibility index (Phi) is 6.94. The molecule has 2 aromatic heterocycles.